The molecular formula is C11H16N4O. The van der Waals surface area contributed by atoms with Gasteiger partial charge in [0.1, 0.15) is 11.6 Å². The summed E-state index contributed by atoms with van der Waals surface area (Å²) in [4.78, 5) is 23.7. The van der Waals surface area contributed by atoms with Gasteiger partial charge >= 0.3 is 0 Å². The third kappa shape index (κ3) is 1.52. The number of aromatic amines is 1. The van der Waals surface area contributed by atoms with Crippen LogP contribution in [0.1, 0.15) is 32.4 Å². The van der Waals surface area contributed by atoms with Crippen LogP contribution in [0.4, 0.5) is 0 Å². The number of nitrogens with one attached hydrogen (secondary N) is 1. The van der Waals surface area contributed by atoms with E-state index in [1.807, 2.05) is 34.6 Å². The van der Waals surface area contributed by atoms with E-state index in [4.69, 9.17) is 0 Å². The summed E-state index contributed by atoms with van der Waals surface area (Å²) in [5, 5.41) is 0. The van der Waals surface area contributed by atoms with Gasteiger partial charge in [0, 0.05) is 5.54 Å². The topological polar surface area (TPSA) is 63.6 Å². The van der Waals surface area contributed by atoms with Crippen molar-refractivity contribution in [3.8, 4) is 0 Å². The molecule has 0 aliphatic rings. The average molecular weight is 220 g/mol. The molecule has 0 fully saturated rings. The number of aromatic nitrogens is 4. The SMILES string of the molecule is Cc1nc2nc(C)n(C(C)(C)C)c(=O)c2[nH]1. The normalized spacial score (nSPS) is 12.3. The molecule has 0 aliphatic heterocycles. The lowest BCUT2D eigenvalue weighted by atomic mass is 10.1. The molecule has 0 bridgehead atoms. The van der Waals surface area contributed by atoms with Crippen molar-refractivity contribution in [3.05, 3.63) is 22.0 Å². The lowest BCUT2D eigenvalue weighted by Crippen LogP contribution is -2.36. The first-order valence-corrected chi connectivity index (χ1v) is 5.27. The first-order valence-electron chi connectivity index (χ1n) is 5.27. The highest BCUT2D eigenvalue weighted by Gasteiger charge is 2.20. The van der Waals surface area contributed by atoms with Crippen molar-refractivity contribution in [3.63, 3.8) is 0 Å². The van der Waals surface area contributed by atoms with Crippen LogP contribution in [0.5, 0.6) is 0 Å². The van der Waals surface area contributed by atoms with E-state index in [2.05, 4.69) is 15.0 Å². The van der Waals surface area contributed by atoms with Crippen LogP contribution in [0.15, 0.2) is 4.79 Å². The van der Waals surface area contributed by atoms with E-state index >= 15 is 0 Å². The predicted octanol–water partition coefficient (Wildman–Crippen LogP) is 1.49. The van der Waals surface area contributed by atoms with E-state index in [-0.39, 0.29) is 11.1 Å². The van der Waals surface area contributed by atoms with Gasteiger partial charge in [0.2, 0.25) is 0 Å². The van der Waals surface area contributed by atoms with Crippen molar-refractivity contribution in [1.29, 1.82) is 0 Å². The Labute approximate surface area is 93.5 Å². The second-order valence-electron chi connectivity index (χ2n) is 4.99. The number of hydrogen-bond donors (Lipinski definition) is 1. The van der Waals surface area contributed by atoms with E-state index in [1.54, 1.807) is 4.57 Å². The second kappa shape index (κ2) is 3.17. The Balaban J connectivity index is 2.91. The van der Waals surface area contributed by atoms with E-state index < -0.39 is 0 Å². The summed E-state index contributed by atoms with van der Waals surface area (Å²) in [6, 6.07) is 0. The van der Waals surface area contributed by atoms with Gasteiger partial charge in [0.15, 0.2) is 11.2 Å². The van der Waals surface area contributed by atoms with Crippen LogP contribution in [0.25, 0.3) is 11.2 Å². The largest absolute Gasteiger partial charge is 0.336 e. The van der Waals surface area contributed by atoms with Gasteiger partial charge in [-0.25, -0.2) is 9.97 Å². The molecule has 2 heterocycles. The maximum absolute atomic E-state index is 12.3. The van der Waals surface area contributed by atoms with E-state index in [0.717, 1.165) is 0 Å². The Morgan fingerprint density at radius 2 is 1.81 bits per heavy atom. The highest BCUT2D eigenvalue weighted by Crippen LogP contribution is 2.14. The zero-order chi connectivity index (χ0) is 12.1. The van der Waals surface area contributed by atoms with Gasteiger partial charge in [0.25, 0.3) is 5.56 Å². The van der Waals surface area contributed by atoms with Gasteiger partial charge in [0.05, 0.1) is 0 Å². The number of fused-ring (bicyclic) bond motifs is 1. The molecule has 5 nitrogen and oxygen atoms in total. The minimum Gasteiger partial charge on any atom is -0.336 e. The van der Waals surface area contributed by atoms with Gasteiger partial charge < -0.3 is 4.98 Å². The summed E-state index contributed by atoms with van der Waals surface area (Å²) < 4.78 is 1.69. The molecule has 0 saturated carbocycles. The molecule has 0 spiro atoms. The maximum atomic E-state index is 12.3. The summed E-state index contributed by atoms with van der Waals surface area (Å²) in [6.07, 6.45) is 0. The highest BCUT2D eigenvalue weighted by atomic mass is 16.1. The number of nitrogens with zero attached hydrogens (tertiary/aromatic N) is 3. The van der Waals surface area contributed by atoms with E-state index in [1.165, 1.54) is 0 Å². The molecular weight excluding hydrogens is 204 g/mol. The number of aryl methyl sites for hydroxylation is 2. The Morgan fingerprint density at radius 1 is 1.19 bits per heavy atom. The van der Waals surface area contributed by atoms with Crippen LogP contribution in [0.3, 0.4) is 0 Å². The summed E-state index contributed by atoms with van der Waals surface area (Å²) >= 11 is 0. The fourth-order valence-corrected chi connectivity index (χ4v) is 1.96. The molecule has 0 saturated heterocycles. The third-order valence-corrected chi connectivity index (χ3v) is 2.48. The van der Waals surface area contributed by atoms with Crippen LogP contribution >= 0.6 is 0 Å². The van der Waals surface area contributed by atoms with Gasteiger partial charge in [-0.1, -0.05) is 0 Å². The Bertz CT molecular complexity index is 601. The quantitative estimate of drug-likeness (QED) is 0.731. The van der Waals surface area contributed by atoms with E-state index in [9.17, 15) is 4.79 Å². The molecule has 0 unspecified atom stereocenters. The molecule has 2 aromatic heterocycles. The van der Waals surface area contributed by atoms with Crippen molar-refractivity contribution < 1.29 is 0 Å². The van der Waals surface area contributed by atoms with E-state index in [0.29, 0.717) is 22.8 Å². The standard InChI is InChI=1S/C11H16N4O/c1-6-12-8-9(13-6)14-7(2)15(10(8)16)11(3,4)5/h1-5H3,(H,12,13). The highest BCUT2D eigenvalue weighted by molar-refractivity contribution is 5.69. The van der Waals surface area contributed by atoms with Gasteiger partial charge in [-0.3, -0.25) is 9.36 Å². The van der Waals surface area contributed by atoms with Crippen molar-refractivity contribution in [2.45, 2.75) is 40.2 Å². The third-order valence-electron chi connectivity index (χ3n) is 2.48. The summed E-state index contributed by atoms with van der Waals surface area (Å²) in [5.41, 5.74) is 0.649. The zero-order valence-electron chi connectivity index (χ0n) is 10.2. The second-order valence-corrected chi connectivity index (χ2v) is 4.99. The number of imidazole rings is 1. The van der Waals surface area contributed by atoms with Gasteiger partial charge in [-0.2, -0.15) is 0 Å². The maximum Gasteiger partial charge on any atom is 0.280 e. The smallest absolute Gasteiger partial charge is 0.280 e. The van der Waals surface area contributed by atoms with Crippen molar-refractivity contribution in [1.82, 2.24) is 19.5 Å². The molecule has 2 aromatic rings. The Morgan fingerprint density at radius 3 is 2.38 bits per heavy atom. The first-order chi connectivity index (χ1) is 7.30. The van der Waals surface area contributed by atoms with Crippen LogP contribution in [-0.2, 0) is 5.54 Å². The lowest BCUT2D eigenvalue weighted by Gasteiger charge is -2.23. The van der Waals surface area contributed by atoms with Crippen LogP contribution in [0, 0.1) is 13.8 Å². The fraction of sp³-hybridized carbons (Fsp3) is 0.545. The predicted molar refractivity (Wildman–Crippen MR) is 62.6 cm³/mol. The summed E-state index contributed by atoms with van der Waals surface area (Å²) in [6.45, 7) is 9.60. The first kappa shape index (κ1) is 10.9. The molecule has 2 rings (SSSR count). The average Bonchev–Trinajstić information content (AvgIpc) is 2.43. The van der Waals surface area contributed by atoms with Crippen LogP contribution in [-0.4, -0.2) is 19.5 Å². The molecule has 16 heavy (non-hydrogen) atoms. The number of rotatable bonds is 0. The fourth-order valence-electron chi connectivity index (χ4n) is 1.96. The monoisotopic (exact) mass is 220 g/mol. The van der Waals surface area contributed by atoms with Crippen molar-refractivity contribution in [2.24, 2.45) is 0 Å². The van der Waals surface area contributed by atoms with Crippen molar-refractivity contribution in [2.75, 3.05) is 0 Å². The van der Waals surface area contributed by atoms with Crippen LogP contribution in [0.2, 0.25) is 0 Å². The lowest BCUT2D eigenvalue weighted by molar-refractivity contribution is 0.372. The molecule has 5 heteroatoms. The molecule has 0 aromatic carbocycles. The zero-order valence-corrected chi connectivity index (χ0v) is 10.2. The van der Waals surface area contributed by atoms with Gasteiger partial charge in [-0.05, 0) is 34.6 Å². The molecule has 0 amide bonds. The molecule has 0 atom stereocenters. The number of hydrogen-bond acceptors (Lipinski definition) is 3. The molecule has 86 valence electrons. The summed E-state index contributed by atoms with van der Waals surface area (Å²) in [5.74, 6) is 1.40. The van der Waals surface area contributed by atoms with Crippen molar-refractivity contribution >= 4 is 11.2 Å². The van der Waals surface area contributed by atoms with Crippen LogP contribution < -0.4 is 5.56 Å². The Hall–Kier alpha value is -1.65. The molecule has 1 N–H and O–H groups in total. The van der Waals surface area contributed by atoms with Gasteiger partial charge in [-0.15, -0.1) is 0 Å². The minimum absolute atomic E-state index is 0.0596. The minimum atomic E-state index is -0.276. The number of H-pyrrole nitrogens is 1. The Kier molecular flexibility index (Phi) is 2.15. The summed E-state index contributed by atoms with van der Waals surface area (Å²) in [7, 11) is 0. The molecule has 0 radical (unpaired) electrons. The molecule has 0 aliphatic carbocycles.